The molecule has 0 saturated carbocycles. The first-order valence-corrected chi connectivity index (χ1v) is 17.3. The fraction of sp³-hybridized carbons (Fsp3) is 0.556. The van der Waals surface area contributed by atoms with Crippen LogP contribution in [0.15, 0.2) is 24.4 Å². The van der Waals surface area contributed by atoms with Crippen molar-refractivity contribution >= 4 is 29.1 Å². The number of hydrogen-bond donors (Lipinski definition) is 0. The smallest absolute Gasteiger partial charge is 0.410 e. The molecule has 3 atom stereocenters. The van der Waals surface area contributed by atoms with E-state index in [4.69, 9.17) is 29.1 Å². The Hall–Kier alpha value is -4.36. The lowest BCUT2D eigenvalue weighted by molar-refractivity contribution is -0.0367. The summed E-state index contributed by atoms with van der Waals surface area (Å²) in [4.78, 5) is 16.7. The van der Waals surface area contributed by atoms with Crippen molar-refractivity contribution in [3.05, 3.63) is 41.3 Å². The molecule has 0 N–H and O–H groups in total. The zero-order valence-corrected chi connectivity index (χ0v) is 29.7. The van der Waals surface area contributed by atoms with E-state index in [2.05, 4.69) is 54.3 Å². The van der Waals surface area contributed by atoms with Crippen molar-refractivity contribution in [1.29, 1.82) is 0 Å². The van der Waals surface area contributed by atoms with E-state index in [0.29, 0.717) is 38.5 Å². The van der Waals surface area contributed by atoms with Gasteiger partial charge in [0.25, 0.3) is 0 Å². The summed E-state index contributed by atoms with van der Waals surface area (Å²) in [7, 11) is 5.94. The molecule has 1 amide bonds. The molecule has 2 fully saturated rings. The van der Waals surface area contributed by atoms with Crippen LogP contribution in [0.4, 0.5) is 4.79 Å². The molecule has 13 heteroatoms. The Morgan fingerprint density at radius 3 is 2.63 bits per heavy atom. The van der Waals surface area contributed by atoms with Crippen molar-refractivity contribution in [2.45, 2.75) is 84.0 Å². The van der Waals surface area contributed by atoms with E-state index in [9.17, 15) is 4.79 Å². The molecule has 3 aliphatic heterocycles. The van der Waals surface area contributed by atoms with Crippen LogP contribution in [0.1, 0.15) is 76.6 Å². The van der Waals surface area contributed by atoms with Crippen molar-refractivity contribution in [2.24, 2.45) is 14.1 Å². The molecule has 4 aromatic rings. The Labute approximate surface area is 287 Å². The number of carbonyl (C=O) groups is 1. The average molecular weight is 673 g/mol. The van der Waals surface area contributed by atoms with Crippen molar-refractivity contribution in [3.63, 3.8) is 0 Å². The molecule has 0 radical (unpaired) electrons. The number of carbonyl (C=O) groups excluding carboxylic acids is 1. The minimum atomic E-state index is -0.557. The van der Waals surface area contributed by atoms with Gasteiger partial charge >= 0.3 is 6.09 Å². The number of aromatic nitrogens is 6. The van der Waals surface area contributed by atoms with E-state index in [0.717, 1.165) is 70.7 Å². The van der Waals surface area contributed by atoms with E-state index in [-0.39, 0.29) is 24.5 Å². The molecule has 1 aromatic carbocycles. The monoisotopic (exact) mass is 672 g/mol. The minimum absolute atomic E-state index is 0.116. The molecule has 262 valence electrons. The van der Waals surface area contributed by atoms with Gasteiger partial charge in [-0.25, -0.2) is 14.2 Å². The fourth-order valence-corrected chi connectivity index (χ4v) is 6.97. The van der Waals surface area contributed by atoms with Crippen LogP contribution in [-0.2, 0) is 30.1 Å². The van der Waals surface area contributed by atoms with Crippen LogP contribution in [0, 0.1) is 0 Å². The van der Waals surface area contributed by atoms with Crippen molar-refractivity contribution < 1.29 is 23.7 Å². The highest BCUT2D eigenvalue weighted by atomic mass is 16.6. The first-order chi connectivity index (χ1) is 23.4. The number of ether oxygens (including phenoxy) is 4. The lowest BCUT2D eigenvalue weighted by Crippen LogP contribution is -2.36. The third-order valence-electron chi connectivity index (χ3n) is 9.32. The number of aryl methyl sites for hydroxylation is 2. The molecule has 7 rings (SSSR count). The Kier molecular flexibility index (Phi) is 8.91. The van der Waals surface area contributed by atoms with Crippen LogP contribution in [0.3, 0.4) is 0 Å². The fourth-order valence-electron chi connectivity index (χ4n) is 6.97. The molecule has 49 heavy (non-hydrogen) atoms. The van der Waals surface area contributed by atoms with Gasteiger partial charge in [0.1, 0.15) is 17.8 Å². The van der Waals surface area contributed by atoms with Crippen molar-refractivity contribution in [2.75, 3.05) is 33.3 Å². The Balaban J connectivity index is 1.29. The minimum Gasteiger partial charge on any atom is -0.473 e. The normalized spacial score (nSPS) is 22.7. The molecule has 13 nitrogen and oxygen atoms in total. The molecule has 3 aromatic heterocycles. The molecule has 0 spiro atoms. The standard InChI is InChI=1S/C36H48N8O5/c1-23-20-40(5)22-31-26(33(39-41(31)6)48-25-15-16-43(21-25)35(45)49-36(2,3)4)12-13-29-27-18-24(28-19-37-42(7)34(28)47-23)11-14-30(27)44(38-29)32-10-8-9-17-46-32/h11-14,18-19,23,25,32H,8-10,15-17,20-22H2,1-7H3/b13-12+/t23-,25-,32?/m0/s1. The first kappa shape index (κ1) is 33.2. The van der Waals surface area contributed by atoms with Gasteiger partial charge in [0.15, 0.2) is 6.23 Å². The summed E-state index contributed by atoms with van der Waals surface area (Å²) in [6.07, 6.45) is 9.00. The summed E-state index contributed by atoms with van der Waals surface area (Å²) in [5, 5.41) is 15.6. The second-order valence-electron chi connectivity index (χ2n) is 14.6. The third-order valence-corrected chi connectivity index (χ3v) is 9.32. The summed E-state index contributed by atoms with van der Waals surface area (Å²) in [6, 6.07) is 6.41. The number of benzene rings is 1. The molecule has 6 heterocycles. The maximum Gasteiger partial charge on any atom is 0.410 e. The lowest BCUT2D eigenvalue weighted by Gasteiger charge is -2.24. The number of hydrogen-bond acceptors (Lipinski definition) is 9. The van der Waals surface area contributed by atoms with Crippen LogP contribution < -0.4 is 9.47 Å². The SMILES string of the molecule is C[C@H]1CN(C)Cc2c(c(O[C@H]3CCN(C(=O)OC(C)(C)C)C3)nn2C)/C=C/c2nn(C3CCCCO3)c3ccc(cc23)-c2cnn(C)c2O1. The first-order valence-electron chi connectivity index (χ1n) is 17.3. The lowest BCUT2D eigenvalue weighted by atomic mass is 10.0. The molecular formula is C36H48N8O5. The Morgan fingerprint density at radius 1 is 1.02 bits per heavy atom. The second kappa shape index (κ2) is 13.2. The highest BCUT2D eigenvalue weighted by Crippen LogP contribution is 2.36. The predicted octanol–water partition coefficient (Wildman–Crippen LogP) is 5.64. The average Bonchev–Trinajstić information content (AvgIpc) is 3.82. The van der Waals surface area contributed by atoms with Gasteiger partial charge in [0, 0.05) is 52.1 Å². The number of likely N-dealkylation sites (N-methyl/N-ethyl adjacent to an activating group) is 1. The van der Waals surface area contributed by atoms with Crippen LogP contribution >= 0.6 is 0 Å². The number of fused-ring (bicyclic) bond motifs is 4. The summed E-state index contributed by atoms with van der Waals surface area (Å²) in [6.45, 7) is 10.7. The highest BCUT2D eigenvalue weighted by Gasteiger charge is 2.32. The third kappa shape index (κ3) is 6.91. The molecule has 2 saturated heterocycles. The zero-order chi connectivity index (χ0) is 34.4. The van der Waals surface area contributed by atoms with Crippen LogP contribution in [-0.4, -0.2) is 96.3 Å². The highest BCUT2D eigenvalue weighted by molar-refractivity contribution is 5.93. The topological polar surface area (TPSA) is 114 Å². The van der Waals surface area contributed by atoms with Crippen LogP contribution in [0.2, 0.25) is 0 Å². The molecular weight excluding hydrogens is 624 g/mol. The Morgan fingerprint density at radius 2 is 1.86 bits per heavy atom. The molecule has 0 aliphatic carbocycles. The predicted molar refractivity (Wildman–Crippen MR) is 186 cm³/mol. The maximum atomic E-state index is 12.8. The summed E-state index contributed by atoms with van der Waals surface area (Å²) >= 11 is 0. The van der Waals surface area contributed by atoms with Gasteiger partial charge < -0.3 is 23.8 Å². The van der Waals surface area contributed by atoms with E-state index in [1.165, 1.54) is 0 Å². The number of amides is 1. The number of rotatable bonds is 3. The van der Waals surface area contributed by atoms with Crippen LogP contribution in [0.5, 0.6) is 11.8 Å². The van der Waals surface area contributed by atoms with E-state index < -0.39 is 5.60 Å². The maximum absolute atomic E-state index is 12.8. The van der Waals surface area contributed by atoms with Crippen LogP contribution in [0.25, 0.3) is 34.2 Å². The number of likely N-dealkylation sites (tertiary alicyclic amines) is 1. The summed E-state index contributed by atoms with van der Waals surface area (Å²) in [5.41, 5.74) is 5.10. The van der Waals surface area contributed by atoms with Gasteiger partial charge in [-0.05, 0) is 83.9 Å². The van der Waals surface area contributed by atoms with E-state index in [1.807, 2.05) is 50.4 Å². The van der Waals surface area contributed by atoms with Crippen molar-refractivity contribution in [1.82, 2.24) is 39.1 Å². The molecule has 3 aliphatic rings. The zero-order valence-electron chi connectivity index (χ0n) is 29.7. The largest absolute Gasteiger partial charge is 0.473 e. The van der Waals surface area contributed by atoms with E-state index in [1.54, 1.807) is 9.58 Å². The van der Waals surface area contributed by atoms with Gasteiger partial charge in [-0.15, -0.1) is 5.10 Å². The Bertz CT molecular complexity index is 1860. The van der Waals surface area contributed by atoms with Crippen molar-refractivity contribution in [3.8, 4) is 22.9 Å². The molecule has 1 unspecified atom stereocenters. The van der Waals surface area contributed by atoms with Gasteiger partial charge in [0.2, 0.25) is 11.8 Å². The molecule has 2 bridgehead atoms. The summed E-state index contributed by atoms with van der Waals surface area (Å²) in [5.74, 6) is 1.26. The van der Waals surface area contributed by atoms with Gasteiger partial charge in [0.05, 0.1) is 40.8 Å². The van der Waals surface area contributed by atoms with E-state index >= 15 is 0 Å². The number of nitrogens with zero attached hydrogens (tertiary/aromatic N) is 8. The summed E-state index contributed by atoms with van der Waals surface area (Å²) < 4.78 is 30.7. The second-order valence-corrected chi connectivity index (χ2v) is 14.6. The van der Waals surface area contributed by atoms with Gasteiger partial charge in [-0.3, -0.25) is 9.58 Å². The quantitative estimate of drug-likeness (QED) is 0.273. The van der Waals surface area contributed by atoms with Gasteiger partial charge in [-0.1, -0.05) is 6.07 Å². The van der Waals surface area contributed by atoms with Gasteiger partial charge in [-0.2, -0.15) is 10.2 Å².